The predicted molar refractivity (Wildman–Crippen MR) is 120 cm³/mol. The van der Waals surface area contributed by atoms with E-state index < -0.39 is 11.9 Å². The summed E-state index contributed by atoms with van der Waals surface area (Å²) in [7, 11) is 0. The number of benzene rings is 1. The highest BCUT2D eigenvalue weighted by Gasteiger charge is 2.24. The minimum absolute atomic E-state index is 0.175. The zero-order valence-corrected chi connectivity index (χ0v) is 18.6. The number of furan rings is 1. The second-order valence-corrected chi connectivity index (χ2v) is 8.05. The molecule has 0 fully saturated rings. The molecule has 0 bridgehead atoms. The predicted octanol–water partition coefficient (Wildman–Crippen LogP) is 5.20. The topological polar surface area (TPSA) is 97.6 Å². The molecule has 3 rings (SSSR count). The Hall–Kier alpha value is -3.39. The van der Waals surface area contributed by atoms with E-state index in [2.05, 4.69) is 10.6 Å². The number of nitrogens with one attached hydrogen (secondary N) is 2. The lowest BCUT2D eigenvalue weighted by Crippen LogP contribution is -2.16. The lowest BCUT2D eigenvalue weighted by atomic mass is 10.1. The highest BCUT2D eigenvalue weighted by atomic mass is 32.1. The molecule has 1 aromatic carbocycles. The molecule has 162 valence electrons. The van der Waals surface area contributed by atoms with E-state index in [-0.39, 0.29) is 18.3 Å². The van der Waals surface area contributed by atoms with Crippen LogP contribution in [0, 0.1) is 13.8 Å². The van der Waals surface area contributed by atoms with Crippen molar-refractivity contribution in [2.45, 2.75) is 34.1 Å². The third kappa shape index (κ3) is 4.86. The van der Waals surface area contributed by atoms with E-state index in [9.17, 15) is 14.4 Å². The summed E-state index contributed by atoms with van der Waals surface area (Å²) in [6, 6.07) is 8.19. The number of aryl methyl sites for hydroxylation is 2. The maximum atomic E-state index is 12.9. The van der Waals surface area contributed by atoms with E-state index in [0.29, 0.717) is 28.2 Å². The summed E-state index contributed by atoms with van der Waals surface area (Å²) in [5, 5.41) is 6.05. The summed E-state index contributed by atoms with van der Waals surface area (Å²) < 4.78 is 10.3. The number of hydrogen-bond donors (Lipinski definition) is 2. The van der Waals surface area contributed by atoms with Crippen molar-refractivity contribution in [1.82, 2.24) is 0 Å². The van der Waals surface area contributed by atoms with Crippen LogP contribution in [-0.4, -0.2) is 24.4 Å². The van der Waals surface area contributed by atoms with Crippen molar-refractivity contribution >= 4 is 39.8 Å². The summed E-state index contributed by atoms with van der Waals surface area (Å²) in [6.07, 6.45) is 2.07. The van der Waals surface area contributed by atoms with Gasteiger partial charge in [-0.15, -0.1) is 11.3 Å². The molecule has 2 aromatic heterocycles. The van der Waals surface area contributed by atoms with E-state index in [4.69, 9.17) is 9.15 Å². The molecule has 2 amide bonds. The molecule has 0 spiro atoms. The van der Waals surface area contributed by atoms with Gasteiger partial charge in [0.15, 0.2) is 5.76 Å². The molecule has 2 heterocycles. The Balaban J connectivity index is 1.86. The lowest BCUT2D eigenvalue weighted by molar-refractivity contribution is 0.0526. The van der Waals surface area contributed by atoms with Crippen molar-refractivity contribution in [3.05, 3.63) is 69.5 Å². The first-order valence-corrected chi connectivity index (χ1v) is 10.7. The SMILES string of the molecule is CCOC(=O)c1c(NC(=O)c2ccc(C)c(NC(=O)c3ccco3)c2)sc(C)c1CC. The van der Waals surface area contributed by atoms with Crippen LogP contribution in [0.2, 0.25) is 0 Å². The van der Waals surface area contributed by atoms with Gasteiger partial charge in [0.25, 0.3) is 11.8 Å². The van der Waals surface area contributed by atoms with Crippen molar-refractivity contribution < 1.29 is 23.5 Å². The van der Waals surface area contributed by atoms with Gasteiger partial charge >= 0.3 is 5.97 Å². The molecular weight excluding hydrogens is 416 g/mol. The fraction of sp³-hybridized carbons (Fsp3) is 0.261. The maximum Gasteiger partial charge on any atom is 0.341 e. The summed E-state index contributed by atoms with van der Waals surface area (Å²) in [5.41, 5.74) is 2.91. The van der Waals surface area contributed by atoms with Crippen molar-refractivity contribution in [2.24, 2.45) is 0 Å². The second-order valence-electron chi connectivity index (χ2n) is 6.83. The lowest BCUT2D eigenvalue weighted by Gasteiger charge is -2.11. The minimum atomic E-state index is -0.450. The zero-order valence-electron chi connectivity index (χ0n) is 17.8. The van der Waals surface area contributed by atoms with Gasteiger partial charge in [0.05, 0.1) is 18.4 Å². The molecule has 0 aliphatic rings. The fourth-order valence-electron chi connectivity index (χ4n) is 3.18. The quantitative estimate of drug-likeness (QED) is 0.492. The third-order valence-electron chi connectivity index (χ3n) is 4.76. The van der Waals surface area contributed by atoms with Crippen molar-refractivity contribution in [3.8, 4) is 0 Å². The third-order valence-corrected chi connectivity index (χ3v) is 5.82. The van der Waals surface area contributed by atoms with Crippen LogP contribution in [0.25, 0.3) is 0 Å². The number of hydrogen-bond acceptors (Lipinski definition) is 6. The molecule has 0 saturated carbocycles. The monoisotopic (exact) mass is 440 g/mol. The van der Waals surface area contributed by atoms with E-state index >= 15 is 0 Å². The summed E-state index contributed by atoms with van der Waals surface area (Å²) in [4.78, 5) is 38.7. The largest absolute Gasteiger partial charge is 0.462 e. The Bertz CT molecular complexity index is 1120. The molecule has 0 radical (unpaired) electrons. The summed E-state index contributed by atoms with van der Waals surface area (Å²) in [5.74, 6) is -1.07. The first kappa shape index (κ1) is 22.3. The van der Waals surface area contributed by atoms with Gasteiger partial charge in [-0.05, 0) is 62.6 Å². The number of ether oxygens (including phenoxy) is 1. The molecule has 0 atom stereocenters. The van der Waals surface area contributed by atoms with Gasteiger partial charge in [-0.2, -0.15) is 0 Å². The van der Waals surface area contributed by atoms with Crippen LogP contribution in [-0.2, 0) is 11.2 Å². The van der Waals surface area contributed by atoms with Crippen LogP contribution < -0.4 is 10.6 Å². The number of thiophene rings is 1. The Labute approximate surface area is 184 Å². The first-order chi connectivity index (χ1) is 14.8. The van der Waals surface area contributed by atoms with Crippen molar-refractivity contribution in [2.75, 3.05) is 17.2 Å². The van der Waals surface area contributed by atoms with Crippen LogP contribution in [0.1, 0.15) is 61.1 Å². The van der Waals surface area contributed by atoms with Crippen LogP contribution in [0.3, 0.4) is 0 Å². The number of carbonyl (C=O) groups excluding carboxylic acids is 3. The summed E-state index contributed by atoms with van der Waals surface area (Å²) >= 11 is 1.34. The Kier molecular flexibility index (Phi) is 6.91. The van der Waals surface area contributed by atoms with Crippen LogP contribution in [0.4, 0.5) is 10.7 Å². The average Bonchev–Trinajstić information content (AvgIpc) is 3.37. The van der Waals surface area contributed by atoms with Crippen molar-refractivity contribution in [3.63, 3.8) is 0 Å². The van der Waals surface area contributed by atoms with Gasteiger partial charge in [0.1, 0.15) is 5.00 Å². The molecule has 0 aliphatic carbocycles. The molecule has 0 aliphatic heterocycles. The van der Waals surface area contributed by atoms with Gasteiger partial charge in [-0.3, -0.25) is 9.59 Å². The van der Waals surface area contributed by atoms with Crippen molar-refractivity contribution in [1.29, 1.82) is 0 Å². The molecule has 7 nitrogen and oxygen atoms in total. The molecule has 0 unspecified atom stereocenters. The Morgan fingerprint density at radius 3 is 2.48 bits per heavy atom. The van der Waals surface area contributed by atoms with E-state index in [1.807, 2.05) is 20.8 Å². The smallest absolute Gasteiger partial charge is 0.341 e. The van der Waals surface area contributed by atoms with Gasteiger partial charge in [0.2, 0.25) is 0 Å². The number of amides is 2. The van der Waals surface area contributed by atoms with E-state index in [1.165, 1.54) is 17.6 Å². The average molecular weight is 441 g/mol. The highest BCUT2D eigenvalue weighted by Crippen LogP contribution is 2.34. The molecule has 0 saturated heterocycles. The zero-order chi connectivity index (χ0) is 22.5. The Morgan fingerprint density at radius 2 is 1.84 bits per heavy atom. The molecular formula is C23H24N2O5S. The summed E-state index contributed by atoms with van der Waals surface area (Å²) in [6.45, 7) is 7.69. The standard InChI is InChI=1S/C23H24N2O5S/c1-5-16-14(4)31-22(19(16)23(28)29-6-2)25-20(26)15-10-9-13(3)17(12-15)24-21(27)18-8-7-11-30-18/h7-12H,5-6H2,1-4H3,(H,24,27)(H,25,26). The van der Waals surface area contributed by atoms with E-state index in [0.717, 1.165) is 16.0 Å². The number of anilines is 2. The second kappa shape index (κ2) is 9.61. The number of rotatable bonds is 7. The maximum absolute atomic E-state index is 12.9. The highest BCUT2D eigenvalue weighted by molar-refractivity contribution is 7.16. The first-order valence-electron chi connectivity index (χ1n) is 9.91. The van der Waals surface area contributed by atoms with Gasteiger partial charge in [0, 0.05) is 16.1 Å². The van der Waals surface area contributed by atoms with Crippen LogP contribution >= 0.6 is 11.3 Å². The van der Waals surface area contributed by atoms with Gasteiger partial charge < -0.3 is 19.8 Å². The molecule has 3 aromatic rings. The molecule has 31 heavy (non-hydrogen) atoms. The number of esters is 1. The Morgan fingerprint density at radius 1 is 1.06 bits per heavy atom. The minimum Gasteiger partial charge on any atom is -0.462 e. The van der Waals surface area contributed by atoms with Crippen LogP contribution in [0.5, 0.6) is 0 Å². The molecule has 8 heteroatoms. The fourth-order valence-corrected chi connectivity index (χ4v) is 4.30. The van der Waals surface area contributed by atoms with E-state index in [1.54, 1.807) is 37.3 Å². The van der Waals surface area contributed by atoms with Crippen LogP contribution in [0.15, 0.2) is 41.0 Å². The van der Waals surface area contributed by atoms with Gasteiger partial charge in [-0.1, -0.05) is 13.0 Å². The normalized spacial score (nSPS) is 10.6. The van der Waals surface area contributed by atoms with Gasteiger partial charge in [-0.25, -0.2) is 4.79 Å². The number of carbonyl (C=O) groups is 3. The molecule has 2 N–H and O–H groups in total.